The summed E-state index contributed by atoms with van der Waals surface area (Å²) >= 11 is 0. The summed E-state index contributed by atoms with van der Waals surface area (Å²) in [5.41, 5.74) is 0. The zero-order chi connectivity index (χ0) is 10.4. The average molecular weight is 200 g/mol. The van der Waals surface area contributed by atoms with Gasteiger partial charge in [0.15, 0.2) is 0 Å². The number of esters is 1. The first-order valence-electron chi connectivity index (χ1n) is 4.79. The molecule has 0 aromatic carbocycles. The molecule has 1 aliphatic carbocycles. The minimum absolute atomic E-state index is 0.0429. The van der Waals surface area contributed by atoms with Crippen LogP contribution in [0.3, 0.4) is 0 Å². The zero-order valence-corrected chi connectivity index (χ0v) is 8.34. The van der Waals surface area contributed by atoms with Crippen LogP contribution in [0.2, 0.25) is 0 Å². The van der Waals surface area contributed by atoms with Crippen molar-refractivity contribution in [3.05, 3.63) is 0 Å². The third kappa shape index (κ3) is 4.81. The van der Waals surface area contributed by atoms with E-state index in [1.54, 1.807) is 0 Å². The molecule has 0 radical (unpaired) electrons. The highest BCUT2D eigenvalue weighted by Crippen LogP contribution is 2.18. The topological polar surface area (TPSA) is 67.4 Å². The second-order valence-electron chi connectivity index (χ2n) is 3.33. The van der Waals surface area contributed by atoms with Gasteiger partial charge in [-0.3, -0.25) is 9.59 Å². The largest absolute Gasteiger partial charge is 0.468 e. The first-order chi connectivity index (χ1) is 6.72. The summed E-state index contributed by atoms with van der Waals surface area (Å²) < 4.78 is 4.38. The van der Waals surface area contributed by atoms with Crippen molar-refractivity contribution in [3.8, 4) is 0 Å². The van der Waals surface area contributed by atoms with Gasteiger partial charge in [0.05, 0.1) is 7.11 Å². The fraction of sp³-hybridized carbons (Fsp3) is 0.778. The Morgan fingerprint density at radius 1 is 1.43 bits per heavy atom. The quantitative estimate of drug-likeness (QED) is 0.563. The van der Waals surface area contributed by atoms with E-state index in [1.807, 2.05) is 0 Å². The average Bonchev–Trinajstić information content (AvgIpc) is 2.98. The van der Waals surface area contributed by atoms with E-state index in [0.29, 0.717) is 19.0 Å². The smallest absolute Gasteiger partial charge is 0.325 e. The van der Waals surface area contributed by atoms with Gasteiger partial charge in [0.1, 0.15) is 6.54 Å². The van der Waals surface area contributed by atoms with Crippen molar-refractivity contribution in [2.24, 2.45) is 0 Å². The van der Waals surface area contributed by atoms with Gasteiger partial charge >= 0.3 is 5.97 Å². The first-order valence-corrected chi connectivity index (χ1v) is 4.79. The van der Waals surface area contributed by atoms with E-state index in [9.17, 15) is 9.59 Å². The maximum absolute atomic E-state index is 11.1. The zero-order valence-electron chi connectivity index (χ0n) is 8.34. The van der Waals surface area contributed by atoms with Crippen LogP contribution in [-0.2, 0) is 14.3 Å². The molecule has 0 bridgehead atoms. The predicted molar refractivity (Wildman–Crippen MR) is 50.7 cm³/mol. The summed E-state index contributed by atoms with van der Waals surface area (Å²) in [5.74, 6) is -0.544. The van der Waals surface area contributed by atoms with Gasteiger partial charge in [0.2, 0.25) is 5.91 Å². The number of amides is 1. The molecule has 5 heteroatoms. The van der Waals surface area contributed by atoms with Gasteiger partial charge < -0.3 is 15.4 Å². The number of carbonyl (C=O) groups is 2. The minimum atomic E-state index is -0.423. The maximum atomic E-state index is 11.1. The van der Waals surface area contributed by atoms with E-state index >= 15 is 0 Å². The number of nitrogens with one attached hydrogen (secondary N) is 2. The van der Waals surface area contributed by atoms with Crippen molar-refractivity contribution in [1.29, 1.82) is 0 Å². The van der Waals surface area contributed by atoms with Crippen molar-refractivity contribution in [2.45, 2.75) is 25.3 Å². The summed E-state index contributed by atoms with van der Waals surface area (Å²) in [7, 11) is 1.29. The molecule has 1 fully saturated rings. The molecule has 0 spiro atoms. The standard InChI is InChI=1S/C9H16N2O3/c1-14-9(13)6-11-8(12)4-5-10-7-2-3-7/h7,10H,2-6H2,1H3,(H,11,12). The Bertz CT molecular complexity index is 214. The molecule has 1 aliphatic rings. The van der Waals surface area contributed by atoms with Gasteiger partial charge in [-0.05, 0) is 12.8 Å². The minimum Gasteiger partial charge on any atom is -0.468 e. The molecular formula is C9H16N2O3. The summed E-state index contributed by atoms with van der Waals surface area (Å²) in [4.78, 5) is 21.8. The molecule has 2 N–H and O–H groups in total. The van der Waals surface area contributed by atoms with E-state index in [1.165, 1.54) is 20.0 Å². The van der Waals surface area contributed by atoms with Crippen LogP contribution < -0.4 is 10.6 Å². The number of carbonyl (C=O) groups excluding carboxylic acids is 2. The van der Waals surface area contributed by atoms with Crippen LogP contribution in [-0.4, -0.2) is 38.1 Å². The lowest BCUT2D eigenvalue weighted by Crippen LogP contribution is -2.32. The first kappa shape index (κ1) is 11.0. The van der Waals surface area contributed by atoms with Gasteiger partial charge in [0, 0.05) is 19.0 Å². The van der Waals surface area contributed by atoms with Gasteiger partial charge in [-0.2, -0.15) is 0 Å². The lowest BCUT2D eigenvalue weighted by atomic mass is 10.4. The maximum Gasteiger partial charge on any atom is 0.325 e. The molecule has 14 heavy (non-hydrogen) atoms. The monoisotopic (exact) mass is 200 g/mol. The summed E-state index contributed by atoms with van der Waals surface area (Å²) in [6, 6.07) is 0.614. The van der Waals surface area contributed by atoms with Gasteiger partial charge in [0.25, 0.3) is 0 Å². The van der Waals surface area contributed by atoms with Gasteiger partial charge in [-0.1, -0.05) is 0 Å². The van der Waals surface area contributed by atoms with E-state index in [2.05, 4.69) is 15.4 Å². The van der Waals surface area contributed by atoms with E-state index < -0.39 is 5.97 Å². The second-order valence-corrected chi connectivity index (χ2v) is 3.33. The Morgan fingerprint density at radius 2 is 2.14 bits per heavy atom. The molecule has 1 amide bonds. The van der Waals surface area contributed by atoms with Crippen molar-refractivity contribution in [1.82, 2.24) is 10.6 Å². The fourth-order valence-electron chi connectivity index (χ4n) is 1.01. The molecule has 1 saturated carbocycles. The molecule has 1 rings (SSSR count). The number of ether oxygens (including phenoxy) is 1. The third-order valence-corrected chi connectivity index (χ3v) is 2.02. The normalized spacial score (nSPS) is 14.9. The summed E-state index contributed by atoms with van der Waals surface area (Å²) in [6.45, 7) is 0.635. The Morgan fingerprint density at radius 3 is 2.71 bits per heavy atom. The van der Waals surface area contributed by atoms with E-state index in [4.69, 9.17) is 0 Å². The number of hydrogen-bond donors (Lipinski definition) is 2. The predicted octanol–water partition coefficient (Wildman–Crippen LogP) is -0.582. The molecule has 5 nitrogen and oxygen atoms in total. The van der Waals surface area contributed by atoms with Crippen LogP contribution in [0.1, 0.15) is 19.3 Å². The molecule has 0 unspecified atom stereocenters. The van der Waals surface area contributed by atoms with E-state index in [-0.39, 0.29) is 12.5 Å². The SMILES string of the molecule is COC(=O)CNC(=O)CCNC1CC1. The van der Waals surface area contributed by atoms with Crippen molar-refractivity contribution < 1.29 is 14.3 Å². The lowest BCUT2D eigenvalue weighted by molar-refractivity contribution is -0.141. The van der Waals surface area contributed by atoms with Crippen LogP contribution in [0.15, 0.2) is 0 Å². The third-order valence-electron chi connectivity index (χ3n) is 2.02. The summed E-state index contributed by atoms with van der Waals surface area (Å²) in [6.07, 6.45) is 2.83. The number of methoxy groups -OCH3 is 1. The fourth-order valence-corrected chi connectivity index (χ4v) is 1.01. The van der Waals surface area contributed by atoms with Crippen LogP contribution in [0.5, 0.6) is 0 Å². The molecule has 0 heterocycles. The van der Waals surface area contributed by atoms with Crippen molar-refractivity contribution in [3.63, 3.8) is 0 Å². The summed E-state index contributed by atoms with van der Waals surface area (Å²) in [5, 5.41) is 5.69. The number of hydrogen-bond acceptors (Lipinski definition) is 4. The Balaban J connectivity index is 1.94. The lowest BCUT2D eigenvalue weighted by Gasteiger charge is -2.04. The molecule has 0 aromatic heterocycles. The van der Waals surface area contributed by atoms with E-state index in [0.717, 1.165) is 0 Å². The van der Waals surface area contributed by atoms with Crippen LogP contribution in [0.4, 0.5) is 0 Å². The second kappa shape index (κ2) is 5.59. The van der Waals surface area contributed by atoms with Crippen LogP contribution >= 0.6 is 0 Å². The molecule has 0 atom stereocenters. The highest BCUT2D eigenvalue weighted by Gasteiger charge is 2.20. The van der Waals surface area contributed by atoms with Crippen LogP contribution in [0, 0.1) is 0 Å². The Labute approximate surface area is 83.2 Å². The van der Waals surface area contributed by atoms with Crippen molar-refractivity contribution in [2.75, 3.05) is 20.2 Å². The molecule has 0 saturated heterocycles. The van der Waals surface area contributed by atoms with Gasteiger partial charge in [-0.15, -0.1) is 0 Å². The molecule has 0 aromatic rings. The van der Waals surface area contributed by atoms with Crippen LogP contribution in [0.25, 0.3) is 0 Å². The van der Waals surface area contributed by atoms with Crippen molar-refractivity contribution >= 4 is 11.9 Å². The molecule has 0 aliphatic heterocycles. The highest BCUT2D eigenvalue weighted by molar-refractivity contribution is 5.81. The molecular weight excluding hydrogens is 184 g/mol. The Kier molecular flexibility index (Phi) is 4.39. The molecule has 80 valence electrons. The number of rotatable bonds is 6. The van der Waals surface area contributed by atoms with Gasteiger partial charge in [-0.25, -0.2) is 0 Å². The highest BCUT2D eigenvalue weighted by atomic mass is 16.5. The Hall–Kier alpha value is -1.10.